The number of hydrogen-bond donors (Lipinski definition) is 2. The maximum Gasteiger partial charge on any atom is 0.420 e. The molecule has 1 aromatic rings. The fourth-order valence-electron chi connectivity index (χ4n) is 2.11. The van der Waals surface area contributed by atoms with Crippen molar-refractivity contribution in [3.8, 4) is 11.5 Å². The number of nitrogens with zero attached hydrogens (tertiary/aromatic N) is 1. The molecule has 1 fully saturated rings. The number of amides is 2. The van der Waals surface area contributed by atoms with E-state index in [-0.39, 0.29) is 22.9 Å². The Bertz CT molecular complexity index is 728. The number of rotatable bonds is 3. The molecular formula is C15H14F3NO4S. The van der Waals surface area contributed by atoms with Crippen LogP contribution in [0.3, 0.4) is 0 Å². The summed E-state index contributed by atoms with van der Waals surface area (Å²) in [4.78, 5) is 25.0. The molecule has 1 saturated heterocycles. The predicted octanol–water partition coefficient (Wildman–Crippen LogP) is 3.81. The van der Waals surface area contributed by atoms with Crippen molar-refractivity contribution in [3.63, 3.8) is 0 Å². The van der Waals surface area contributed by atoms with Crippen LogP contribution in [0.1, 0.15) is 25.0 Å². The first-order valence-electron chi connectivity index (χ1n) is 6.89. The van der Waals surface area contributed by atoms with Crippen LogP contribution in [-0.4, -0.2) is 32.8 Å². The van der Waals surface area contributed by atoms with Crippen LogP contribution in [0.15, 0.2) is 17.0 Å². The van der Waals surface area contributed by atoms with E-state index in [1.807, 2.05) is 13.8 Å². The Morgan fingerprint density at radius 1 is 1.25 bits per heavy atom. The van der Waals surface area contributed by atoms with Gasteiger partial charge in [-0.1, -0.05) is 13.8 Å². The number of carbonyl (C=O) groups is 2. The number of thioether (sulfide) groups is 1. The van der Waals surface area contributed by atoms with Crippen molar-refractivity contribution in [2.24, 2.45) is 5.92 Å². The molecule has 1 aliphatic heterocycles. The Morgan fingerprint density at radius 2 is 1.88 bits per heavy atom. The molecule has 0 unspecified atom stereocenters. The predicted molar refractivity (Wildman–Crippen MR) is 82.3 cm³/mol. The van der Waals surface area contributed by atoms with Gasteiger partial charge in [0, 0.05) is 6.54 Å². The fourth-order valence-corrected chi connectivity index (χ4v) is 2.96. The van der Waals surface area contributed by atoms with Crippen molar-refractivity contribution in [1.82, 2.24) is 4.90 Å². The lowest BCUT2D eigenvalue weighted by Crippen LogP contribution is -2.31. The van der Waals surface area contributed by atoms with E-state index < -0.39 is 34.4 Å². The zero-order valence-corrected chi connectivity index (χ0v) is 13.5. The van der Waals surface area contributed by atoms with E-state index in [0.717, 1.165) is 17.0 Å². The van der Waals surface area contributed by atoms with Crippen LogP contribution in [0.4, 0.5) is 18.0 Å². The van der Waals surface area contributed by atoms with Crippen molar-refractivity contribution >= 4 is 29.0 Å². The van der Waals surface area contributed by atoms with Crippen molar-refractivity contribution < 1.29 is 33.0 Å². The molecule has 1 aromatic carbocycles. The molecule has 2 amide bonds. The lowest BCUT2D eigenvalue weighted by molar-refractivity contribution is -0.139. The van der Waals surface area contributed by atoms with Gasteiger partial charge in [-0.05, 0) is 41.5 Å². The van der Waals surface area contributed by atoms with E-state index in [9.17, 15) is 33.0 Å². The quantitative estimate of drug-likeness (QED) is 0.632. The maximum atomic E-state index is 12.8. The van der Waals surface area contributed by atoms with Gasteiger partial charge in [0.1, 0.15) is 5.56 Å². The Labute approximate surface area is 139 Å². The highest BCUT2D eigenvalue weighted by molar-refractivity contribution is 8.18. The Morgan fingerprint density at radius 3 is 2.42 bits per heavy atom. The Kier molecular flexibility index (Phi) is 4.84. The van der Waals surface area contributed by atoms with Crippen LogP contribution < -0.4 is 0 Å². The minimum absolute atomic E-state index is 0.0427. The molecule has 0 spiro atoms. The minimum Gasteiger partial charge on any atom is -0.504 e. The SMILES string of the molecule is CC(C)CN1C(=O)S/C(=C\c2cc(O)c(O)c(C(F)(F)F)c2)C1=O. The minimum atomic E-state index is -4.87. The van der Waals surface area contributed by atoms with E-state index >= 15 is 0 Å². The Hall–Kier alpha value is -2.16. The summed E-state index contributed by atoms with van der Waals surface area (Å²) >= 11 is 0.615. The molecule has 2 N–H and O–H groups in total. The topological polar surface area (TPSA) is 77.8 Å². The summed E-state index contributed by atoms with van der Waals surface area (Å²) in [7, 11) is 0. The second kappa shape index (κ2) is 6.39. The molecule has 0 atom stereocenters. The number of phenolic OH excluding ortho intramolecular Hbond substituents is 2. The number of alkyl halides is 3. The van der Waals surface area contributed by atoms with Gasteiger partial charge in [0.15, 0.2) is 11.5 Å². The molecule has 5 nitrogen and oxygen atoms in total. The van der Waals surface area contributed by atoms with Crippen molar-refractivity contribution in [2.75, 3.05) is 6.54 Å². The molecule has 2 rings (SSSR count). The maximum absolute atomic E-state index is 12.8. The summed E-state index contributed by atoms with van der Waals surface area (Å²) in [6.45, 7) is 3.84. The monoisotopic (exact) mass is 361 g/mol. The first kappa shape index (κ1) is 18.2. The van der Waals surface area contributed by atoms with Gasteiger partial charge in [0.2, 0.25) is 0 Å². The Balaban J connectivity index is 2.40. The molecule has 0 radical (unpaired) electrons. The number of carbonyl (C=O) groups excluding carboxylic acids is 2. The van der Waals surface area contributed by atoms with Gasteiger partial charge in [-0.15, -0.1) is 0 Å². The van der Waals surface area contributed by atoms with Crippen molar-refractivity contribution in [1.29, 1.82) is 0 Å². The molecule has 1 heterocycles. The van der Waals surface area contributed by atoms with E-state index in [0.29, 0.717) is 17.8 Å². The molecule has 0 aliphatic carbocycles. The lowest BCUT2D eigenvalue weighted by Gasteiger charge is -2.14. The van der Waals surface area contributed by atoms with Crippen molar-refractivity contribution in [3.05, 3.63) is 28.2 Å². The fraction of sp³-hybridized carbons (Fsp3) is 0.333. The zero-order valence-electron chi connectivity index (χ0n) is 12.7. The van der Waals surface area contributed by atoms with Gasteiger partial charge in [0.25, 0.3) is 11.1 Å². The van der Waals surface area contributed by atoms with Gasteiger partial charge < -0.3 is 10.2 Å². The molecule has 1 aliphatic rings. The van der Waals surface area contributed by atoms with Gasteiger partial charge in [-0.2, -0.15) is 13.2 Å². The van der Waals surface area contributed by atoms with Gasteiger partial charge in [-0.3, -0.25) is 14.5 Å². The lowest BCUT2D eigenvalue weighted by atomic mass is 10.1. The molecule has 0 aromatic heterocycles. The van der Waals surface area contributed by atoms with Crippen LogP contribution in [0.5, 0.6) is 11.5 Å². The number of imide groups is 1. The first-order valence-corrected chi connectivity index (χ1v) is 7.71. The third-order valence-corrected chi connectivity index (χ3v) is 4.04. The summed E-state index contributed by atoms with van der Waals surface area (Å²) in [6, 6.07) is 1.49. The largest absolute Gasteiger partial charge is 0.504 e. The summed E-state index contributed by atoms with van der Waals surface area (Å²) in [5, 5.41) is 18.3. The van der Waals surface area contributed by atoms with E-state index in [4.69, 9.17) is 0 Å². The number of aromatic hydroxyl groups is 2. The zero-order chi connectivity index (χ0) is 18.2. The number of phenols is 2. The van der Waals surface area contributed by atoms with Gasteiger partial charge in [-0.25, -0.2) is 0 Å². The first-order chi connectivity index (χ1) is 11.0. The molecule has 0 bridgehead atoms. The highest BCUT2D eigenvalue weighted by Crippen LogP contribution is 2.42. The third-order valence-electron chi connectivity index (χ3n) is 3.14. The summed E-state index contributed by atoms with van der Waals surface area (Å²) < 4.78 is 38.5. The van der Waals surface area contributed by atoms with E-state index in [2.05, 4.69) is 0 Å². The highest BCUT2D eigenvalue weighted by Gasteiger charge is 2.37. The van der Waals surface area contributed by atoms with Crippen LogP contribution in [-0.2, 0) is 11.0 Å². The number of benzene rings is 1. The average molecular weight is 361 g/mol. The van der Waals surface area contributed by atoms with Crippen LogP contribution in [0.25, 0.3) is 6.08 Å². The molecular weight excluding hydrogens is 347 g/mol. The molecule has 0 saturated carbocycles. The highest BCUT2D eigenvalue weighted by atomic mass is 32.2. The van der Waals surface area contributed by atoms with Gasteiger partial charge in [0.05, 0.1) is 4.91 Å². The number of halogens is 3. The van der Waals surface area contributed by atoms with Crippen LogP contribution in [0.2, 0.25) is 0 Å². The molecule has 9 heteroatoms. The second-order valence-corrected chi connectivity index (χ2v) is 6.61. The normalized spacial score (nSPS) is 17.4. The number of hydrogen-bond acceptors (Lipinski definition) is 5. The average Bonchev–Trinajstić information content (AvgIpc) is 2.68. The smallest absolute Gasteiger partial charge is 0.420 e. The standard InChI is InChI=1S/C15H14F3NO4S/c1-7(2)6-19-13(22)11(24-14(19)23)5-8-3-9(15(16,17)18)12(21)10(20)4-8/h3-5,7,20-21H,6H2,1-2H3/b11-5-. The molecule has 24 heavy (non-hydrogen) atoms. The summed E-state index contributed by atoms with van der Waals surface area (Å²) in [6.07, 6.45) is -3.79. The van der Waals surface area contributed by atoms with E-state index in [1.165, 1.54) is 0 Å². The van der Waals surface area contributed by atoms with Gasteiger partial charge >= 0.3 is 6.18 Å². The van der Waals surface area contributed by atoms with E-state index in [1.54, 1.807) is 0 Å². The van der Waals surface area contributed by atoms with Crippen LogP contribution in [0, 0.1) is 5.92 Å². The summed E-state index contributed by atoms with van der Waals surface area (Å²) in [5.74, 6) is -2.79. The molecule has 130 valence electrons. The second-order valence-electron chi connectivity index (χ2n) is 5.62. The van der Waals surface area contributed by atoms with Crippen molar-refractivity contribution in [2.45, 2.75) is 20.0 Å². The van der Waals surface area contributed by atoms with Crippen LogP contribution >= 0.6 is 11.8 Å². The third kappa shape index (κ3) is 3.66. The summed E-state index contributed by atoms with van der Waals surface area (Å²) in [5.41, 5.74) is -1.57.